The molecule has 8 nitrogen and oxygen atoms in total. The lowest BCUT2D eigenvalue weighted by molar-refractivity contribution is -0.143. The minimum absolute atomic E-state index is 0.0841. The van der Waals surface area contributed by atoms with E-state index in [2.05, 4.69) is 5.32 Å². The number of nitrogens with zero attached hydrogens (tertiary/aromatic N) is 1. The fraction of sp³-hybridized carbons (Fsp3) is 0.444. The number of amides is 2. The average molecular weight is 481 g/mol. The Labute approximate surface area is 205 Å². The maximum Gasteiger partial charge on any atom is 0.407 e. The van der Waals surface area contributed by atoms with E-state index in [1.807, 2.05) is 62.4 Å². The predicted octanol–water partition coefficient (Wildman–Crippen LogP) is 3.64. The third-order valence-electron chi connectivity index (χ3n) is 6.67. The van der Waals surface area contributed by atoms with Gasteiger partial charge in [-0.15, -0.1) is 0 Å². The molecule has 0 aromatic heterocycles. The number of carboxylic acid groups (broad SMARTS) is 1. The number of fused-ring (bicyclic) bond motifs is 3. The van der Waals surface area contributed by atoms with Crippen molar-refractivity contribution in [3.63, 3.8) is 0 Å². The molecule has 4 rings (SSSR count). The van der Waals surface area contributed by atoms with Crippen molar-refractivity contribution in [2.24, 2.45) is 5.92 Å². The van der Waals surface area contributed by atoms with E-state index in [1.54, 1.807) is 4.90 Å². The number of hydrogen-bond acceptors (Lipinski definition) is 5. The van der Waals surface area contributed by atoms with Crippen molar-refractivity contribution >= 4 is 18.0 Å². The fourth-order valence-electron chi connectivity index (χ4n) is 4.83. The van der Waals surface area contributed by atoms with E-state index in [4.69, 9.17) is 9.47 Å². The van der Waals surface area contributed by atoms with Crippen LogP contribution in [0.4, 0.5) is 4.79 Å². The topological polar surface area (TPSA) is 105 Å². The third-order valence-corrected chi connectivity index (χ3v) is 6.67. The van der Waals surface area contributed by atoms with Crippen LogP contribution in [0.15, 0.2) is 48.5 Å². The second-order valence-corrected chi connectivity index (χ2v) is 9.41. The van der Waals surface area contributed by atoms with Crippen LogP contribution in [0.1, 0.15) is 43.7 Å². The Morgan fingerprint density at radius 1 is 1.09 bits per heavy atom. The van der Waals surface area contributed by atoms with Crippen molar-refractivity contribution in [3.8, 4) is 11.1 Å². The van der Waals surface area contributed by atoms with Crippen LogP contribution in [0.2, 0.25) is 0 Å². The zero-order valence-electron chi connectivity index (χ0n) is 20.1. The highest BCUT2D eigenvalue weighted by molar-refractivity contribution is 5.89. The number of carboxylic acids is 1. The molecule has 8 heteroatoms. The van der Waals surface area contributed by atoms with Gasteiger partial charge >= 0.3 is 12.1 Å². The van der Waals surface area contributed by atoms with Gasteiger partial charge in [-0.3, -0.25) is 9.59 Å². The lowest BCUT2D eigenvalue weighted by Crippen LogP contribution is -2.51. The zero-order valence-corrected chi connectivity index (χ0v) is 20.1. The van der Waals surface area contributed by atoms with Crippen LogP contribution in [0.5, 0.6) is 0 Å². The molecule has 35 heavy (non-hydrogen) atoms. The number of aliphatic carboxylic acids is 1. The van der Waals surface area contributed by atoms with Crippen molar-refractivity contribution in [3.05, 3.63) is 59.7 Å². The largest absolute Gasteiger partial charge is 0.481 e. The second kappa shape index (κ2) is 10.9. The van der Waals surface area contributed by atoms with Gasteiger partial charge in [-0.05, 0) is 34.6 Å². The summed E-state index contributed by atoms with van der Waals surface area (Å²) in [5, 5.41) is 11.9. The zero-order chi connectivity index (χ0) is 24.9. The summed E-state index contributed by atoms with van der Waals surface area (Å²) in [7, 11) is 0. The number of hydrogen-bond donors (Lipinski definition) is 2. The highest BCUT2D eigenvalue weighted by atomic mass is 16.5. The number of benzene rings is 2. The van der Waals surface area contributed by atoms with Gasteiger partial charge in [0, 0.05) is 25.6 Å². The monoisotopic (exact) mass is 480 g/mol. The van der Waals surface area contributed by atoms with Gasteiger partial charge in [0.25, 0.3) is 0 Å². The molecule has 0 radical (unpaired) electrons. The molecule has 1 saturated heterocycles. The SMILES string of the molecule is CC(C)C1CN(C(=O)C(CC(=O)O)NC(=O)OCC2c3ccccc3-c3ccccc32)CCCO1. The number of nitrogens with one attached hydrogen (secondary N) is 1. The molecule has 0 bridgehead atoms. The van der Waals surface area contributed by atoms with E-state index >= 15 is 0 Å². The predicted molar refractivity (Wildman–Crippen MR) is 130 cm³/mol. The van der Waals surface area contributed by atoms with E-state index < -0.39 is 30.4 Å². The van der Waals surface area contributed by atoms with Crippen LogP contribution < -0.4 is 5.32 Å². The summed E-state index contributed by atoms with van der Waals surface area (Å²) in [6, 6.07) is 14.8. The molecule has 1 heterocycles. The van der Waals surface area contributed by atoms with Crippen LogP contribution in [0.3, 0.4) is 0 Å². The Balaban J connectivity index is 1.43. The Morgan fingerprint density at radius 2 is 1.71 bits per heavy atom. The first kappa shape index (κ1) is 24.7. The van der Waals surface area contributed by atoms with E-state index in [0.717, 1.165) is 22.3 Å². The molecule has 2 N–H and O–H groups in total. The molecule has 2 aromatic rings. The van der Waals surface area contributed by atoms with Gasteiger partial charge in [0.05, 0.1) is 12.5 Å². The molecule has 2 atom stereocenters. The molecule has 2 amide bonds. The van der Waals surface area contributed by atoms with Crippen LogP contribution in [-0.2, 0) is 19.1 Å². The van der Waals surface area contributed by atoms with Gasteiger partial charge in [-0.2, -0.15) is 0 Å². The number of carbonyl (C=O) groups is 3. The number of rotatable bonds is 7. The smallest absolute Gasteiger partial charge is 0.407 e. The van der Waals surface area contributed by atoms with E-state index in [-0.39, 0.29) is 24.5 Å². The first-order valence-electron chi connectivity index (χ1n) is 12.1. The molecule has 186 valence electrons. The van der Waals surface area contributed by atoms with Crippen molar-refractivity contribution in [1.82, 2.24) is 10.2 Å². The van der Waals surface area contributed by atoms with E-state index in [9.17, 15) is 19.5 Å². The minimum atomic E-state index is -1.21. The van der Waals surface area contributed by atoms with Crippen molar-refractivity contribution in [1.29, 1.82) is 0 Å². The normalized spacial score (nSPS) is 18.4. The summed E-state index contributed by atoms with van der Waals surface area (Å²) < 4.78 is 11.4. The highest BCUT2D eigenvalue weighted by Crippen LogP contribution is 2.44. The van der Waals surface area contributed by atoms with Crippen molar-refractivity contribution in [2.45, 2.75) is 44.8 Å². The van der Waals surface area contributed by atoms with Gasteiger partial charge in [-0.25, -0.2) is 4.79 Å². The molecule has 0 spiro atoms. The van der Waals surface area contributed by atoms with Gasteiger partial charge in [0.15, 0.2) is 0 Å². The Bertz CT molecular complexity index is 1040. The average Bonchev–Trinajstić information content (AvgIpc) is 2.97. The second-order valence-electron chi connectivity index (χ2n) is 9.41. The van der Waals surface area contributed by atoms with Crippen molar-refractivity contribution < 1.29 is 29.0 Å². The van der Waals surface area contributed by atoms with Gasteiger partial charge < -0.3 is 24.8 Å². The van der Waals surface area contributed by atoms with E-state index in [0.29, 0.717) is 26.1 Å². The molecule has 2 aromatic carbocycles. The van der Waals surface area contributed by atoms with Crippen LogP contribution >= 0.6 is 0 Å². The number of carbonyl (C=O) groups excluding carboxylic acids is 2. The number of alkyl carbamates (subject to hydrolysis) is 1. The number of ether oxygens (including phenoxy) is 2. The summed E-state index contributed by atoms with van der Waals surface area (Å²) in [6.45, 7) is 5.46. The molecule has 0 saturated carbocycles. The molecule has 1 aliphatic carbocycles. The summed E-state index contributed by atoms with van der Waals surface area (Å²) in [6.07, 6.45) is -0.814. The van der Waals surface area contributed by atoms with E-state index in [1.165, 1.54) is 0 Å². The lowest BCUT2D eigenvalue weighted by atomic mass is 9.98. The minimum Gasteiger partial charge on any atom is -0.481 e. The summed E-state index contributed by atoms with van der Waals surface area (Å²) >= 11 is 0. The van der Waals surface area contributed by atoms with Gasteiger partial charge in [0.2, 0.25) is 5.91 Å². The molecule has 2 unspecified atom stereocenters. The Kier molecular flexibility index (Phi) is 7.70. The van der Waals surface area contributed by atoms with Crippen LogP contribution in [0.25, 0.3) is 11.1 Å². The van der Waals surface area contributed by atoms with Crippen LogP contribution in [0, 0.1) is 5.92 Å². The fourth-order valence-corrected chi connectivity index (χ4v) is 4.83. The van der Waals surface area contributed by atoms with Crippen molar-refractivity contribution in [2.75, 3.05) is 26.3 Å². The Hall–Kier alpha value is -3.39. The first-order chi connectivity index (χ1) is 16.8. The van der Waals surface area contributed by atoms with Gasteiger partial charge in [-0.1, -0.05) is 62.4 Å². The lowest BCUT2D eigenvalue weighted by Gasteiger charge is -2.29. The maximum absolute atomic E-state index is 13.2. The highest BCUT2D eigenvalue weighted by Gasteiger charge is 2.33. The quantitative estimate of drug-likeness (QED) is 0.627. The van der Waals surface area contributed by atoms with Gasteiger partial charge in [0.1, 0.15) is 12.6 Å². The molecular formula is C27H32N2O6. The molecular weight excluding hydrogens is 448 g/mol. The Morgan fingerprint density at radius 3 is 2.31 bits per heavy atom. The summed E-state index contributed by atoms with van der Waals surface area (Å²) in [4.78, 5) is 39.0. The third kappa shape index (κ3) is 5.65. The van der Waals surface area contributed by atoms with Crippen LogP contribution in [-0.4, -0.2) is 66.4 Å². The molecule has 1 aliphatic heterocycles. The standard InChI is InChI=1S/C27H32N2O6/c1-17(2)24-15-29(12-7-13-34-24)26(32)23(14-25(30)31)28-27(33)35-16-22-20-10-5-3-8-18(20)19-9-4-6-11-21(19)22/h3-6,8-11,17,22-24H,7,12-16H2,1-2H3,(H,28,33)(H,30,31). The first-order valence-corrected chi connectivity index (χ1v) is 12.1. The maximum atomic E-state index is 13.2. The summed E-state index contributed by atoms with van der Waals surface area (Å²) in [5.41, 5.74) is 4.37. The molecule has 2 aliphatic rings. The summed E-state index contributed by atoms with van der Waals surface area (Å²) in [5.74, 6) is -1.53. The molecule has 1 fully saturated rings.